The van der Waals surface area contributed by atoms with Crippen LogP contribution in [-0.2, 0) is 10.0 Å². The summed E-state index contributed by atoms with van der Waals surface area (Å²) in [6, 6.07) is 8.63. The van der Waals surface area contributed by atoms with Gasteiger partial charge >= 0.3 is 0 Å². The summed E-state index contributed by atoms with van der Waals surface area (Å²) in [5, 5.41) is 6.06. The first kappa shape index (κ1) is 27.7. The van der Waals surface area contributed by atoms with E-state index >= 15 is 0 Å². The Hall–Kier alpha value is -2.57. The number of nitrogens with one attached hydrogen (secondary N) is 2. The number of sulfonamides is 1. The van der Waals surface area contributed by atoms with Gasteiger partial charge in [0.05, 0.1) is 29.1 Å². The number of nitrogens with zero attached hydrogens (tertiary/aromatic N) is 4. The van der Waals surface area contributed by atoms with Crippen LogP contribution in [0.25, 0.3) is 22.3 Å². The fourth-order valence-corrected chi connectivity index (χ4v) is 4.11. The number of hydrogen-bond donors (Lipinski definition) is 2. The SMILES string of the molecule is C.CN(c1ccc(-c2cc3nccnc3c(NC[C@@H]3CNCCC3(F)F)n2)cc1)S(C)(=O)=O.S. The average molecular weight is 513 g/mol. The number of fused-ring (bicyclic) bond motifs is 1. The maximum atomic E-state index is 14.2. The molecule has 0 aliphatic carbocycles. The summed E-state index contributed by atoms with van der Waals surface area (Å²) in [6.45, 7) is 0.564. The maximum absolute atomic E-state index is 14.2. The lowest BCUT2D eigenvalue weighted by Gasteiger charge is -2.32. The van der Waals surface area contributed by atoms with E-state index in [2.05, 4.69) is 25.6 Å². The van der Waals surface area contributed by atoms with Crippen LogP contribution in [0.15, 0.2) is 42.7 Å². The van der Waals surface area contributed by atoms with Gasteiger partial charge in [-0.05, 0) is 18.2 Å². The van der Waals surface area contributed by atoms with Gasteiger partial charge in [0.2, 0.25) is 10.0 Å². The van der Waals surface area contributed by atoms with Gasteiger partial charge in [-0.25, -0.2) is 27.2 Å². The molecular formula is C22H30F2N6O2S2. The smallest absolute Gasteiger partial charge is 0.255 e. The van der Waals surface area contributed by atoms with Crippen molar-refractivity contribution >= 4 is 46.1 Å². The van der Waals surface area contributed by atoms with Crippen molar-refractivity contribution < 1.29 is 17.2 Å². The van der Waals surface area contributed by atoms with Crippen LogP contribution in [0, 0.1) is 5.92 Å². The van der Waals surface area contributed by atoms with E-state index in [4.69, 9.17) is 0 Å². The zero-order valence-electron chi connectivity index (χ0n) is 18.2. The van der Waals surface area contributed by atoms with Crippen molar-refractivity contribution in [1.82, 2.24) is 20.3 Å². The van der Waals surface area contributed by atoms with E-state index in [0.717, 1.165) is 11.8 Å². The zero-order chi connectivity index (χ0) is 22.9. The molecule has 0 amide bonds. The topological polar surface area (TPSA) is 100 Å². The fourth-order valence-electron chi connectivity index (χ4n) is 3.60. The van der Waals surface area contributed by atoms with E-state index in [1.807, 2.05) is 0 Å². The standard InChI is InChI=1S/C21H24F2N6O2S.CH4.H2S/c1-29(32(2,30)31)16-5-3-14(4-6-16)17-11-18-19(26-10-9-25-18)20(28-17)27-13-15-12-24-8-7-21(15,22)23;;/h3-6,9-11,15,24H,7-8,12-13H2,1-2H3,(H,27,28);1H4;1H2/t15-;;/m0../s1. The number of benzene rings is 1. The molecule has 1 aliphatic heterocycles. The van der Waals surface area contributed by atoms with Gasteiger partial charge in [0.1, 0.15) is 5.52 Å². The van der Waals surface area contributed by atoms with Crippen LogP contribution >= 0.6 is 13.5 Å². The minimum atomic E-state index is -3.37. The third-order valence-electron chi connectivity index (χ3n) is 5.62. The number of piperidine rings is 1. The Morgan fingerprint density at radius 1 is 1.21 bits per heavy atom. The quantitative estimate of drug-likeness (QED) is 0.522. The van der Waals surface area contributed by atoms with Gasteiger partial charge in [0.25, 0.3) is 5.92 Å². The van der Waals surface area contributed by atoms with Crippen molar-refractivity contribution in [2.75, 3.05) is 42.6 Å². The molecule has 1 aromatic carbocycles. The molecule has 2 aromatic heterocycles. The second-order valence-corrected chi connectivity index (χ2v) is 9.86. The van der Waals surface area contributed by atoms with Gasteiger partial charge in [-0.3, -0.25) is 9.29 Å². The minimum Gasteiger partial charge on any atom is -0.368 e. The highest BCUT2D eigenvalue weighted by molar-refractivity contribution is 7.92. The first-order valence-electron chi connectivity index (χ1n) is 10.1. The molecule has 0 bridgehead atoms. The highest BCUT2D eigenvalue weighted by Gasteiger charge is 2.41. The van der Waals surface area contributed by atoms with Crippen molar-refractivity contribution in [3.63, 3.8) is 0 Å². The molecule has 0 spiro atoms. The van der Waals surface area contributed by atoms with Crippen LogP contribution in [0.2, 0.25) is 0 Å². The van der Waals surface area contributed by atoms with E-state index in [0.29, 0.717) is 34.8 Å². The van der Waals surface area contributed by atoms with Gasteiger partial charge < -0.3 is 10.6 Å². The Labute approximate surface area is 205 Å². The largest absolute Gasteiger partial charge is 0.368 e. The number of halogens is 2. The molecule has 0 radical (unpaired) electrons. The van der Waals surface area contributed by atoms with Crippen LogP contribution in [0.4, 0.5) is 20.3 Å². The van der Waals surface area contributed by atoms with Crippen LogP contribution in [-0.4, -0.2) is 62.2 Å². The number of anilines is 2. The van der Waals surface area contributed by atoms with E-state index in [1.165, 1.54) is 17.5 Å². The number of hydrogen-bond acceptors (Lipinski definition) is 7. The van der Waals surface area contributed by atoms with Gasteiger partial charge in [-0.2, -0.15) is 13.5 Å². The second kappa shape index (κ2) is 10.8. The number of alkyl halides is 2. The lowest BCUT2D eigenvalue weighted by molar-refractivity contribution is -0.0728. The molecular weight excluding hydrogens is 482 g/mol. The molecule has 1 fully saturated rings. The molecule has 0 saturated carbocycles. The Bertz CT molecular complexity index is 1230. The fraction of sp³-hybridized carbons (Fsp3) is 0.409. The number of rotatable bonds is 6. The molecule has 4 rings (SSSR count). The highest BCUT2D eigenvalue weighted by Crippen LogP contribution is 2.32. The Morgan fingerprint density at radius 3 is 2.53 bits per heavy atom. The molecule has 0 unspecified atom stereocenters. The number of pyridine rings is 1. The van der Waals surface area contributed by atoms with Gasteiger partial charge in [-0.1, -0.05) is 19.6 Å². The molecule has 12 heteroatoms. The summed E-state index contributed by atoms with van der Waals surface area (Å²) >= 11 is 0. The van der Waals surface area contributed by atoms with Crippen molar-refractivity contribution in [3.05, 3.63) is 42.7 Å². The summed E-state index contributed by atoms with van der Waals surface area (Å²) in [5.41, 5.74) is 2.89. The van der Waals surface area contributed by atoms with Crippen LogP contribution in [0.1, 0.15) is 13.8 Å². The maximum Gasteiger partial charge on any atom is 0.255 e. The van der Waals surface area contributed by atoms with E-state index in [1.54, 1.807) is 36.5 Å². The normalized spacial score (nSPS) is 17.4. The lowest BCUT2D eigenvalue weighted by Crippen LogP contribution is -2.47. The van der Waals surface area contributed by atoms with Crippen molar-refractivity contribution in [2.45, 2.75) is 19.8 Å². The van der Waals surface area contributed by atoms with Crippen LogP contribution in [0.3, 0.4) is 0 Å². The van der Waals surface area contributed by atoms with Crippen molar-refractivity contribution in [1.29, 1.82) is 0 Å². The summed E-state index contributed by atoms with van der Waals surface area (Å²) in [7, 11) is -1.90. The summed E-state index contributed by atoms with van der Waals surface area (Å²) in [5.74, 6) is -3.23. The average Bonchev–Trinajstić information content (AvgIpc) is 2.76. The molecule has 1 atom stereocenters. The summed E-state index contributed by atoms with van der Waals surface area (Å²) in [4.78, 5) is 13.3. The first-order chi connectivity index (χ1) is 15.1. The molecule has 34 heavy (non-hydrogen) atoms. The molecule has 3 aromatic rings. The Balaban J connectivity index is 0.00000204. The van der Waals surface area contributed by atoms with E-state index in [9.17, 15) is 17.2 Å². The van der Waals surface area contributed by atoms with E-state index < -0.39 is 21.9 Å². The molecule has 186 valence electrons. The summed E-state index contributed by atoms with van der Waals surface area (Å²) in [6.07, 6.45) is 4.02. The Morgan fingerprint density at radius 2 is 1.88 bits per heavy atom. The minimum absolute atomic E-state index is 0. The van der Waals surface area contributed by atoms with Gasteiger partial charge in [0.15, 0.2) is 5.82 Å². The number of aromatic nitrogens is 3. The van der Waals surface area contributed by atoms with Crippen molar-refractivity contribution in [2.24, 2.45) is 5.92 Å². The molecule has 1 saturated heterocycles. The zero-order valence-corrected chi connectivity index (χ0v) is 20.0. The lowest BCUT2D eigenvalue weighted by atomic mass is 9.95. The molecule has 1 aliphatic rings. The van der Waals surface area contributed by atoms with Crippen LogP contribution < -0.4 is 14.9 Å². The third kappa shape index (κ3) is 5.91. The van der Waals surface area contributed by atoms with Crippen LogP contribution in [0.5, 0.6) is 0 Å². The predicted octanol–water partition coefficient (Wildman–Crippen LogP) is 3.49. The first-order valence-corrected chi connectivity index (χ1v) is 12.0. The monoisotopic (exact) mass is 512 g/mol. The molecule has 2 N–H and O–H groups in total. The van der Waals surface area contributed by atoms with Crippen molar-refractivity contribution in [3.8, 4) is 11.3 Å². The molecule has 8 nitrogen and oxygen atoms in total. The molecule has 3 heterocycles. The van der Waals surface area contributed by atoms with E-state index in [-0.39, 0.29) is 40.4 Å². The second-order valence-electron chi connectivity index (χ2n) is 7.85. The van der Waals surface area contributed by atoms with Gasteiger partial charge in [0, 0.05) is 51.1 Å². The van der Waals surface area contributed by atoms with Gasteiger partial charge in [-0.15, -0.1) is 0 Å². The predicted molar refractivity (Wildman–Crippen MR) is 138 cm³/mol. The highest BCUT2D eigenvalue weighted by atomic mass is 32.2. The third-order valence-corrected chi connectivity index (χ3v) is 6.83. The summed E-state index contributed by atoms with van der Waals surface area (Å²) < 4.78 is 53.2. The Kier molecular flexibility index (Phi) is 8.78.